The van der Waals surface area contributed by atoms with Crippen LogP contribution in [-0.4, -0.2) is 34.0 Å². The van der Waals surface area contributed by atoms with E-state index in [1.165, 1.54) is 11.8 Å². The summed E-state index contributed by atoms with van der Waals surface area (Å²) in [4.78, 5) is 28.0. The van der Waals surface area contributed by atoms with Gasteiger partial charge >= 0.3 is 0 Å². The van der Waals surface area contributed by atoms with Crippen LogP contribution in [0, 0.1) is 0 Å². The fourth-order valence-corrected chi connectivity index (χ4v) is 4.80. The van der Waals surface area contributed by atoms with Gasteiger partial charge in [-0.1, -0.05) is 64.3 Å². The molecule has 0 aromatic heterocycles. The number of nitrogens with one attached hydrogen (secondary N) is 1. The van der Waals surface area contributed by atoms with E-state index >= 15 is 0 Å². The lowest BCUT2D eigenvalue weighted by atomic mass is 10.1. The lowest BCUT2D eigenvalue weighted by Crippen LogP contribution is -2.53. The number of amides is 2. The smallest absolute Gasteiger partial charge is 0.243 e. The van der Waals surface area contributed by atoms with Crippen LogP contribution in [0.3, 0.4) is 0 Å². The zero-order valence-electron chi connectivity index (χ0n) is 18.8. The lowest BCUT2D eigenvalue weighted by Gasteiger charge is -2.33. The number of carbonyl (C=O) groups is 2. The zero-order chi connectivity index (χ0) is 23.9. The van der Waals surface area contributed by atoms with Gasteiger partial charge in [-0.2, -0.15) is 0 Å². The Kier molecular flexibility index (Phi) is 10.4. The van der Waals surface area contributed by atoms with E-state index < -0.39 is 11.6 Å². The van der Waals surface area contributed by atoms with Gasteiger partial charge in [0.2, 0.25) is 11.8 Å². The van der Waals surface area contributed by atoms with Crippen molar-refractivity contribution in [2.24, 2.45) is 0 Å². The van der Waals surface area contributed by atoms with Crippen molar-refractivity contribution in [2.45, 2.75) is 58.0 Å². The van der Waals surface area contributed by atoms with Crippen molar-refractivity contribution < 1.29 is 9.59 Å². The van der Waals surface area contributed by atoms with Crippen LogP contribution in [-0.2, 0) is 21.9 Å². The Morgan fingerprint density at radius 1 is 1.09 bits per heavy atom. The highest BCUT2D eigenvalue weighted by molar-refractivity contribution is 9.10. The van der Waals surface area contributed by atoms with Crippen molar-refractivity contribution in [2.75, 3.05) is 5.75 Å². The van der Waals surface area contributed by atoms with Crippen LogP contribution in [0.2, 0.25) is 10.0 Å². The lowest BCUT2D eigenvalue weighted by molar-refractivity contribution is -0.140. The minimum Gasteiger partial charge on any atom is -0.350 e. The van der Waals surface area contributed by atoms with Crippen molar-refractivity contribution in [1.29, 1.82) is 0 Å². The Hall–Kier alpha value is -1.21. The second kappa shape index (κ2) is 12.3. The highest BCUT2D eigenvalue weighted by Crippen LogP contribution is 2.27. The molecule has 32 heavy (non-hydrogen) atoms. The molecule has 2 amide bonds. The maximum Gasteiger partial charge on any atom is 0.243 e. The molecule has 8 heteroatoms. The Morgan fingerprint density at radius 3 is 2.22 bits per heavy atom. The maximum absolute atomic E-state index is 13.3. The van der Waals surface area contributed by atoms with E-state index in [1.807, 2.05) is 52.0 Å². The minimum atomic E-state index is -0.623. The van der Waals surface area contributed by atoms with E-state index in [9.17, 15) is 9.59 Å². The summed E-state index contributed by atoms with van der Waals surface area (Å²) in [5.41, 5.74) is 1.37. The number of benzene rings is 2. The van der Waals surface area contributed by atoms with E-state index in [1.54, 1.807) is 23.1 Å². The second-order valence-corrected chi connectivity index (χ2v) is 11.2. The summed E-state index contributed by atoms with van der Waals surface area (Å²) in [7, 11) is 0. The van der Waals surface area contributed by atoms with Gasteiger partial charge in [-0.25, -0.2) is 0 Å². The first-order valence-electron chi connectivity index (χ1n) is 10.4. The molecule has 2 aromatic rings. The summed E-state index contributed by atoms with van der Waals surface area (Å²) in [6.07, 6.45) is 0.479. The average Bonchev–Trinajstić information content (AvgIpc) is 2.70. The third-order valence-corrected chi connectivity index (χ3v) is 6.91. The molecule has 0 aliphatic heterocycles. The predicted octanol–water partition coefficient (Wildman–Crippen LogP) is 6.71. The van der Waals surface area contributed by atoms with Gasteiger partial charge in [-0.3, -0.25) is 9.59 Å². The van der Waals surface area contributed by atoms with Gasteiger partial charge in [0, 0.05) is 37.9 Å². The number of thioether (sulfide) groups is 1. The van der Waals surface area contributed by atoms with Gasteiger partial charge in [0.05, 0.1) is 5.75 Å². The standard InChI is InChI=1S/C24H29BrCl2N2O2S/c1-5-21(23(31)28-24(2,3)4)29(13-18-19(26)7-6-8-20(18)27)22(30)15-32-14-16-9-11-17(25)12-10-16/h6-12,21H,5,13-15H2,1-4H3,(H,28,31)/t21-/m0/s1. The molecule has 2 aromatic carbocycles. The molecule has 2 rings (SSSR count). The van der Waals surface area contributed by atoms with Gasteiger partial charge in [0.15, 0.2) is 0 Å². The topological polar surface area (TPSA) is 49.4 Å². The Morgan fingerprint density at radius 2 is 1.69 bits per heavy atom. The van der Waals surface area contributed by atoms with Crippen molar-refractivity contribution >= 4 is 62.7 Å². The summed E-state index contributed by atoms with van der Waals surface area (Å²) in [6.45, 7) is 7.83. The Bertz CT molecular complexity index is 912. The molecular formula is C24H29BrCl2N2O2S. The van der Waals surface area contributed by atoms with Crippen LogP contribution in [0.1, 0.15) is 45.2 Å². The van der Waals surface area contributed by atoms with Gasteiger partial charge in [-0.05, 0) is 57.0 Å². The van der Waals surface area contributed by atoms with Crippen LogP contribution in [0.25, 0.3) is 0 Å². The fraction of sp³-hybridized carbons (Fsp3) is 0.417. The summed E-state index contributed by atoms with van der Waals surface area (Å²) < 4.78 is 1.01. The molecule has 174 valence electrons. The molecule has 0 aliphatic carbocycles. The van der Waals surface area contributed by atoms with Gasteiger partial charge in [0.25, 0.3) is 0 Å². The predicted molar refractivity (Wildman–Crippen MR) is 139 cm³/mol. The molecule has 0 spiro atoms. The number of rotatable bonds is 9. The number of nitrogens with zero attached hydrogens (tertiary/aromatic N) is 1. The summed E-state index contributed by atoms with van der Waals surface area (Å²) in [5.74, 6) is 0.635. The van der Waals surface area contributed by atoms with Crippen molar-refractivity contribution in [1.82, 2.24) is 10.2 Å². The van der Waals surface area contributed by atoms with Crippen LogP contribution < -0.4 is 5.32 Å². The Balaban J connectivity index is 2.22. The molecule has 1 N–H and O–H groups in total. The molecule has 0 radical (unpaired) electrons. The van der Waals surface area contributed by atoms with E-state index in [0.717, 1.165) is 10.0 Å². The quantitative estimate of drug-likeness (QED) is 0.371. The molecule has 0 aliphatic rings. The van der Waals surface area contributed by atoms with E-state index in [-0.39, 0.29) is 24.1 Å². The molecule has 1 atom stereocenters. The number of halogens is 3. The number of carbonyl (C=O) groups excluding carboxylic acids is 2. The van der Waals surface area contributed by atoms with Gasteiger partial charge in [0.1, 0.15) is 6.04 Å². The number of hydrogen-bond acceptors (Lipinski definition) is 3. The molecule has 0 bridgehead atoms. The molecular weight excluding hydrogens is 531 g/mol. The largest absolute Gasteiger partial charge is 0.350 e. The van der Waals surface area contributed by atoms with E-state index in [4.69, 9.17) is 23.2 Å². The molecule has 0 heterocycles. The summed E-state index contributed by atoms with van der Waals surface area (Å²) in [5, 5.41) is 3.95. The first kappa shape index (κ1) is 27.0. The second-order valence-electron chi connectivity index (χ2n) is 8.50. The van der Waals surface area contributed by atoms with Crippen LogP contribution in [0.5, 0.6) is 0 Å². The summed E-state index contributed by atoms with van der Waals surface area (Å²) in [6, 6.07) is 12.6. The Labute approximate surface area is 213 Å². The number of hydrogen-bond donors (Lipinski definition) is 1. The van der Waals surface area contributed by atoms with Crippen molar-refractivity contribution in [3.63, 3.8) is 0 Å². The third kappa shape index (κ3) is 8.29. The highest BCUT2D eigenvalue weighted by atomic mass is 79.9. The first-order valence-corrected chi connectivity index (χ1v) is 13.1. The van der Waals surface area contributed by atoms with Crippen molar-refractivity contribution in [3.05, 3.63) is 68.1 Å². The minimum absolute atomic E-state index is 0.126. The van der Waals surface area contributed by atoms with Crippen LogP contribution in [0.4, 0.5) is 0 Å². The molecule has 4 nitrogen and oxygen atoms in total. The zero-order valence-corrected chi connectivity index (χ0v) is 22.7. The highest BCUT2D eigenvalue weighted by Gasteiger charge is 2.31. The normalized spacial score (nSPS) is 12.3. The summed E-state index contributed by atoms with van der Waals surface area (Å²) >= 11 is 17.7. The molecule has 0 saturated carbocycles. The third-order valence-electron chi connectivity index (χ3n) is 4.68. The van der Waals surface area contributed by atoms with Gasteiger partial charge < -0.3 is 10.2 Å². The molecule has 0 fully saturated rings. The van der Waals surface area contributed by atoms with E-state index in [2.05, 4.69) is 21.2 Å². The van der Waals surface area contributed by atoms with Gasteiger partial charge in [-0.15, -0.1) is 11.8 Å². The average molecular weight is 560 g/mol. The van der Waals surface area contributed by atoms with Crippen molar-refractivity contribution in [3.8, 4) is 0 Å². The van der Waals surface area contributed by atoms with Crippen LogP contribution in [0.15, 0.2) is 46.9 Å². The molecule has 0 unspecified atom stereocenters. The fourth-order valence-electron chi connectivity index (χ4n) is 3.15. The maximum atomic E-state index is 13.3. The SMILES string of the molecule is CC[C@@H](C(=O)NC(C)(C)C)N(Cc1c(Cl)cccc1Cl)C(=O)CSCc1ccc(Br)cc1. The first-order chi connectivity index (χ1) is 15.0. The molecule has 0 saturated heterocycles. The van der Waals surface area contributed by atoms with E-state index in [0.29, 0.717) is 27.8 Å². The monoisotopic (exact) mass is 558 g/mol. The van der Waals surface area contributed by atoms with Crippen LogP contribution >= 0.6 is 50.9 Å².